The molecule has 1 fully saturated rings. The van der Waals surface area contributed by atoms with Crippen molar-refractivity contribution < 1.29 is 0 Å². The lowest BCUT2D eigenvalue weighted by atomic mass is 10.1. The average Bonchev–Trinajstić information content (AvgIpc) is 2.66. The molecule has 2 aromatic rings. The van der Waals surface area contributed by atoms with Gasteiger partial charge in [-0.15, -0.1) is 0 Å². The molecular weight excluding hydrogens is 387 g/mol. The predicted octanol–water partition coefficient (Wildman–Crippen LogP) is 3.19. The van der Waals surface area contributed by atoms with Crippen LogP contribution in [0.15, 0.2) is 23.0 Å². The Balaban J connectivity index is 1.72. The van der Waals surface area contributed by atoms with Gasteiger partial charge < -0.3 is 20.9 Å². The van der Waals surface area contributed by atoms with Crippen molar-refractivity contribution in [1.82, 2.24) is 14.9 Å². The van der Waals surface area contributed by atoms with Gasteiger partial charge in [0.2, 0.25) is 5.95 Å². The van der Waals surface area contributed by atoms with Crippen molar-refractivity contribution in [2.24, 2.45) is 0 Å². The van der Waals surface area contributed by atoms with Crippen LogP contribution in [0.1, 0.15) is 24.1 Å². The zero-order chi connectivity index (χ0) is 19.4. The van der Waals surface area contributed by atoms with Gasteiger partial charge in [-0.05, 0) is 50.7 Å². The molecule has 144 valence electrons. The second-order valence-corrected chi connectivity index (χ2v) is 7.46. The molecule has 0 bridgehead atoms. The molecule has 0 radical (unpaired) electrons. The van der Waals surface area contributed by atoms with Crippen LogP contribution in [0.25, 0.3) is 0 Å². The van der Waals surface area contributed by atoms with Gasteiger partial charge in [0.25, 0.3) is 5.56 Å². The molecular formula is C18H22Cl2N6O. The molecule has 0 amide bonds. The number of nitrogens with zero attached hydrogens (tertiary/aromatic N) is 2. The summed E-state index contributed by atoms with van der Waals surface area (Å²) in [6.45, 7) is 2.37. The number of rotatable bonds is 6. The number of nitrogens with one attached hydrogen (secondary N) is 4. The van der Waals surface area contributed by atoms with Gasteiger partial charge in [0.1, 0.15) is 11.4 Å². The number of hydrogen-bond acceptors (Lipinski definition) is 6. The molecule has 27 heavy (non-hydrogen) atoms. The van der Waals surface area contributed by atoms with E-state index in [1.54, 1.807) is 12.1 Å². The number of likely N-dealkylation sites (tertiary alicyclic amines) is 1. The van der Waals surface area contributed by atoms with Crippen molar-refractivity contribution in [3.63, 3.8) is 0 Å². The topological polar surface area (TPSA) is 96.9 Å². The molecule has 4 N–H and O–H groups in total. The van der Waals surface area contributed by atoms with Crippen molar-refractivity contribution >= 4 is 41.1 Å². The highest BCUT2D eigenvalue weighted by molar-refractivity contribution is 6.42. The standard InChI is InChI=1S/C18H22Cl2N6O/c1-26-6-4-12(5-7-26)23-16-15(9-21)24-18(25-17(16)27)22-10-11-2-3-13(19)14(20)8-11/h2-3,8-9,12,21,23H,4-7,10H2,1H3,(H2,22,24,25,27). The van der Waals surface area contributed by atoms with Gasteiger partial charge >= 0.3 is 0 Å². The Morgan fingerprint density at radius 1 is 1.33 bits per heavy atom. The molecule has 0 spiro atoms. The van der Waals surface area contributed by atoms with Gasteiger partial charge in [0, 0.05) is 18.8 Å². The quantitative estimate of drug-likeness (QED) is 0.550. The van der Waals surface area contributed by atoms with Gasteiger partial charge in [-0.2, -0.15) is 0 Å². The van der Waals surface area contributed by atoms with Crippen LogP contribution in [0, 0.1) is 5.41 Å². The first-order chi connectivity index (χ1) is 13.0. The summed E-state index contributed by atoms with van der Waals surface area (Å²) in [7, 11) is 2.09. The highest BCUT2D eigenvalue weighted by Gasteiger charge is 2.19. The lowest BCUT2D eigenvalue weighted by Gasteiger charge is -2.30. The molecule has 0 unspecified atom stereocenters. The Morgan fingerprint density at radius 3 is 2.74 bits per heavy atom. The van der Waals surface area contributed by atoms with Crippen LogP contribution < -0.4 is 16.2 Å². The highest BCUT2D eigenvalue weighted by atomic mass is 35.5. The van der Waals surface area contributed by atoms with Gasteiger partial charge in [0.15, 0.2) is 0 Å². The highest BCUT2D eigenvalue weighted by Crippen LogP contribution is 2.23. The lowest BCUT2D eigenvalue weighted by molar-refractivity contribution is 0.264. The maximum atomic E-state index is 12.5. The molecule has 9 heteroatoms. The second kappa shape index (κ2) is 8.73. The number of benzene rings is 1. The van der Waals surface area contributed by atoms with Crippen LogP contribution in [0.4, 0.5) is 11.6 Å². The third-order valence-electron chi connectivity index (χ3n) is 4.60. The van der Waals surface area contributed by atoms with Gasteiger partial charge in [-0.25, -0.2) is 4.98 Å². The summed E-state index contributed by atoms with van der Waals surface area (Å²) in [6.07, 6.45) is 2.99. The van der Waals surface area contributed by atoms with Crippen molar-refractivity contribution in [2.75, 3.05) is 30.8 Å². The maximum absolute atomic E-state index is 12.5. The van der Waals surface area contributed by atoms with Crippen molar-refractivity contribution in [3.05, 3.63) is 49.9 Å². The Morgan fingerprint density at radius 2 is 2.07 bits per heavy atom. The van der Waals surface area contributed by atoms with Crippen LogP contribution in [0.2, 0.25) is 10.0 Å². The summed E-state index contributed by atoms with van der Waals surface area (Å²) in [6, 6.07) is 5.52. The fourth-order valence-corrected chi connectivity index (χ4v) is 3.33. The van der Waals surface area contributed by atoms with Gasteiger partial charge in [-0.1, -0.05) is 29.3 Å². The first-order valence-electron chi connectivity index (χ1n) is 8.74. The van der Waals surface area contributed by atoms with Crippen LogP contribution in [-0.2, 0) is 6.54 Å². The molecule has 0 saturated carbocycles. The molecule has 2 heterocycles. The Kier molecular flexibility index (Phi) is 6.36. The number of H-pyrrole nitrogens is 1. The Labute approximate surface area is 167 Å². The fraction of sp³-hybridized carbons (Fsp3) is 0.389. The summed E-state index contributed by atoms with van der Waals surface area (Å²) in [5, 5.41) is 14.9. The minimum atomic E-state index is -0.293. The van der Waals surface area contributed by atoms with E-state index in [2.05, 4.69) is 32.5 Å². The summed E-state index contributed by atoms with van der Waals surface area (Å²) in [5.74, 6) is 0.304. The van der Waals surface area contributed by atoms with Crippen molar-refractivity contribution in [1.29, 1.82) is 5.41 Å². The van der Waals surface area contributed by atoms with E-state index in [4.69, 9.17) is 28.6 Å². The fourth-order valence-electron chi connectivity index (χ4n) is 3.01. The van der Waals surface area contributed by atoms with Crippen molar-refractivity contribution in [3.8, 4) is 0 Å². The average molecular weight is 409 g/mol. The number of aromatic nitrogens is 2. The summed E-state index contributed by atoms with van der Waals surface area (Å²) < 4.78 is 0. The summed E-state index contributed by atoms with van der Waals surface area (Å²) in [5.41, 5.74) is 1.27. The van der Waals surface area contributed by atoms with Gasteiger partial charge in [-0.3, -0.25) is 9.78 Å². The van der Waals surface area contributed by atoms with E-state index in [1.165, 1.54) is 0 Å². The molecule has 1 aromatic carbocycles. The SMILES string of the molecule is CN1CCC(Nc2c(C=N)nc(NCc3ccc(Cl)c(Cl)c3)[nH]c2=O)CC1. The number of piperidine rings is 1. The van der Waals surface area contributed by atoms with E-state index in [1.807, 2.05) is 6.07 Å². The zero-order valence-electron chi connectivity index (χ0n) is 15.0. The molecule has 1 saturated heterocycles. The Hall–Kier alpha value is -2.09. The second-order valence-electron chi connectivity index (χ2n) is 6.64. The van der Waals surface area contributed by atoms with E-state index in [9.17, 15) is 4.79 Å². The van der Waals surface area contributed by atoms with E-state index < -0.39 is 0 Å². The van der Waals surface area contributed by atoms with Crippen molar-refractivity contribution in [2.45, 2.75) is 25.4 Å². The monoisotopic (exact) mass is 408 g/mol. The molecule has 1 aliphatic heterocycles. The van der Waals surface area contributed by atoms with E-state index >= 15 is 0 Å². The molecule has 1 aliphatic rings. The minimum absolute atomic E-state index is 0.206. The zero-order valence-corrected chi connectivity index (χ0v) is 16.5. The largest absolute Gasteiger partial charge is 0.376 e. The first-order valence-corrected chi connectivity index (χ1v) is 9.49. The first kappa shape index (κ1) is 19.7. The summed E-state index contributed by atoms with van der Waals surface area (Å²) in [4.78, 5) is 21.9. The van der Waals surface area contributed by atoms with Gasteiger partial charge in [0.05, 0.1) is 10.0 Å². The molecule has 1 aromatic heterocycles. The summed E-state index contributed by atoms with van der Waals surface area (Å²) >= 11 is 11.9. The van der Waals surface area contributed by atoms with Crippen LogP contribution >= 0.6 is 23.2 Å². The number of hydrogen-bond donors (Lipinski definition) is 4. The number of aromatic amines is 1. The molecule has 0 aliphatic carbocycles. The number of anilines is 2. The molecule has 7 nitrogen and oxygen atoms in total. The molecule has 3 rings (SSSR count). The van der Waals surface area contributed by atoms with Crippen LogP contribution in [-0.4, -0.2) is 47.3 Å². The normalized spacial score (nSPS) is 15.5. The third kappa shape index (κ3) is 5.00. The van der Waals surface area contributed by atoms with E-state index in [-0.39, 0.29) is 11.6 Å². The van der Waals surface area contributed by atoms with Crippen LogP contribution in [0.5, 0.6) is 0 Å². The number of halogens is 2. The third-order valence-corrected chi connectivity index (χ3v) is 5.33. The molecule has 0 atom stereocenters. The van der Waals surface area contributed by atoms with Crippen LogP contribution in [0.3, 0.4) is 0 Å². The maximum Gasteiger partial charge on any atom is 0.276 e. The Bertz CT molecular complexity index is 877. The minimum Gasteiger partial charge on any atom is -0.376 e. The predicted molar refractivity (Wildman–Crippen MR) is 111 cm³/mol. The van der Waals surface area contributed by atoms with E-state index in [0.717, 1.165) is 37.7 Å². The smallest absolute Gasteiger partial charge is 0.276 e. The lowest BCUT2D eigenvalue weighted by Crippen LogP contribution is -2.38. The van der Waals surface area contributed by atoms with E-state index in [0.29, 0.717) is 33.9 Å².